The molecule has 2 aliphatic heterocycles. The van der Waals surface area contributed by atoms with Gasteiger partial charge < -0.3 is 10.3 Å². The van der Waals surface area contributed by atoms with Gasteiger partial charge in [-0.25, -0.2) is 13.4 Å². The highest BCUT2D eigenvalue weighted by atomic mass is 35.5. The van der Waals surface area contributed by atoms with Gasteiger partial charge in [0, 0.05) is 24.9 Å². The van der Waals surface area contributed by atoms with Crippen LogP contribution in [0.1, 0.15) is 36.7 Å². The molecule has 0 aliphatic carbocycles. The zero-order chi connectivity index (χ0) is 13.6. The van der Waals surface area contributed by atoms with Crippen molar-refractivity contribution in [1.82, 2.24) is 9.55 Å². The average molecular weight is 304 g/mol. The SMILES string of the molecule is NC1CCn2c(C3CCS(=O)(=O)CC3)nc(Cl)c2C1. The molecule has 3 rings (SSSR count). The second kappa shape index (κ2) is 4.75. The molecule has 5 nitrogen and oxygen atoms in total. The molecule has 2 N–H and O–H groups in total. The van der Waals surface area contributed by atoms with E-state index < -0.39 is 9.84 Å². The molecule has 3 heterocycles. The van der Waals surface area contributed by atoms with Crippen LogP contribution in [0.15, 0.2) is 0 Å². The minimum atomic E-state index is -2.84. The normalized spacial score (nSPS) is 27.2. The van der Waals surface area contributed by atoms with Crippen LogP contribution in [-0.2, 0) is 22.8 Å². The largest absolute Gasteiger partial charge is 0.330 e. The maximum absolute atomic E-state index is 11.5. The molecule has 1 aromatic heterocycles. The van der Waals surface area contributed by atoms with E-state index in [1.165, 1.54) is 0 Å². The fraction of sp³-hybridized carbons (Fsp3) is 0.750. The second-order valence-corrected chi connectivity index (χ2v) is 8.20. The molecule has 0 bridgehead atoms. The molecule has 0 amide bonds. The van der Waals surface area contributed by atoms with Gasteiger partial charge in [-0.15, -0.1) is 0 Å². The first-order valence-electron chi connectivity index (χ1n) is 6.67. The van der Waals surface area contributed by atoms with Crippen LogP contribution in [0.3, 0.4) is 0 Å². The Bertz CT molecular complexity index is 582. The van der Waals surface area contributed by atoms with Crippen LogP contribution in [0, 0.1) is 0 Å². The lowest BCUT2D eigenvalue weighted by Crippen LogP contribution is -2.32. The lowest BCUT2D eigenvalue weighted by atomic mass is 10.0. The molecule has 7 heteroatoms. The minimum Gasteiger partial charge on any atom is -0.330 e. The van der Waals surface area contributed by atoms with E-state index in [1.54, 1.807) is 0 Å². The molecule has 2 aliphatic rings. The number of rotatable bonds is 1. The van der Waals surface area contributed by atoms with Crippen LogP contribution in [0.5, 0.6) is 0 Å². The van der Waals surface area contributed by atoms with Crippen LogP contribution in [-0.4, -0.2) is 35.5 Å². The molecule has 0 saturated carbocycles. The average Bonchev–Trinajstić information content (AvgIpc) is 2.67. The Kier molecular flexibility index (Phi) is 3.35. The Hall–Kier alpha value is -0.590. The van der Waals surface area contributed by atoms with Crippen molar-refractivity contribution in [1.29, 1.82) is 0 Å². The van der Waals surface area contributed by atoms with E-state index in [2.05, 4.69) is 9.55 Å². The van der Waals surface area contributed by atoms with Gasteiger partial charge in [0.15, 0.2) is 5.15 Å². The molecule has 1 fully saturated rings. The highest BCUT2D eigenvalue weighted by Gasteiger charge is 2.31. The number of nitrogens with two attached hydrogens (primary N) is 1. The van der Waals surface area contributed by atoms with Gasteiger partial charge in [0.2, 0.25) is 0 Å². The lowest BCUT2D eigenvalue weighted by molar-refractivity contribution is 0.439. The number of fused-ring (bicyclic) bond motifs is 1. The molecule has 0 radical (unpaired) electrons. The fourth-order valence-electron chi connectivity index (χ4n) is 3.02. The first-order valence-corrected chi connectivity index (χ1v) is 8.87. The summed E-state index contributed by atoms with van der Waals surface area (Å²) in [5.74, 6) is 1.69. The standard InChI is InChI=1S/C12H18ClN3O2S/c13-11-10-7-9(14)1-4-16(10)12(15-11)8-2-5-19(17,18)6-3-8/h8-9H,1-7,14H2. The van der Waals surface area contributed by atoms with Crippen molar-refractivity contribution in [3.63, 3.8) is 0 Å². The number of nitrogens with zero attached hydrogens (tertiary/aromatic N) is 2. The molecular formula is C12H18ClN3O2S. The number of hydrogen-bond donors (Lipinski definition) is 1. The van der Waals surface area contributed by atoms with E-state index in [1.807, 2.05) is 0 Å². The Labute approximate surface area is 118 Å². The smallest absolute Gasteiger partial charge is 0.150 e. The molecule has 0 spiro atoms. The Morgan fingerprint density at radius 3 is 2.63 bits per heavy atom. The monoisotopic (exact) mass is 303 g/mol. The van der Waals surface area contributed by atoms with Crippen molar-refractivity contribution >= 4 is 21.4 Å². The quantitative estimate of drug-likeness (QED) is 0.843. The van der Waals surface area contributed by atoms with Gasteiger partial charge in [0.05, 0.1) is 17.2 Å². The molecule has 1 saturated heterocycles. The van der Waals surface area contributed by atoms with E-state index in [9.17, 15) is 8.42 Å². The van der Waals surface area contributed by atoms with Crippen LogP contribution < -0.4 is 5.73 Å². The van der Waals surface area contributed by atoms with Gasteiger partial charge in [0.25, 0.3) is 0 Å². The van der Waals surface area contributed by atoms with E-state index >= 15 is 0 Å². The van der Waals surface area contributed by atoms with Crippen molar-refractivity contribution in [3.05, 3.63) is 16.7 Å². The van der Waals surface area contributed by atoms with Gasteiger partial charge in [-0.3, -0.25) is 0 Å². The third-order valence-electron chi connectivity index (χ3n) is 4.15. The predicted molar refractivity (Wildman–Crippen MR) is 74.2 cm³/mol. The highest BCUT2D eigenvalue weighted by molar-refractivity contribution is 7.91. The van der Waals surface area contributed by atoms with E-state index in [-0.39, 0.29) is 23.5 Å². The minimum absolute atomic E-state index is 0.154. The summed E-state index contributed by atoms with van der Waals surface area (Å²) >= 11 is 6.20. The number of sulfone groups is 1. The maximum atomic E-state index is 11.5. The summed E-state index contributed by atoms with van der Waals surface area (Å²) in [6, 6.07) is 0.154. The zero-order valence-electron chi connectivity index (χ0n) is 10.7. The summed E-state index contributed by atoms with van der Waals surface area (Å²) in [6.07, 6.45) is 3.00. The van der Waals surface area contributed by atoms with Crippen molar-refractivity contribution in [3.8, 4) is 0 Å². The summed E-state index contributed by atoms with van der Waals surface area (Å²) in [7, 11) is -2.84. The number of aromatic nitrogens is 2. The Morgan fingerprint density at radius 2 is 1.95 bits per heavy atom. The fourth-order valence-corrected chi connectivity index (χ4v) is 4.78. The zero-order valence-corrected chi connectivity index (χ0v) is 12.3. The van der Waals surface area contributed by atoms with E-state index in [4.69, 9.17) is 17.3 Å². The highest BCUT2D eigenvalue weighted by Crippen LogP contribution is 2.33. The van der Waals surface area contributed by atoms with Crippen molar-refractivity contribution in [2.45, 2.75) is 44.2 Å². The molecule has 0 aromatic carbocycles. The number of imidazole rings is 1. The first kappa shape index (κ1) is 13.4. The summed E-state index contributed by atoms with van der Waals surface area (Å²) in [5, 5.41) is 0.540. The van der Waals surface area contributed by atoms with Crippen LogP contribution >= 0.6 is 11.6 Å². The van der Waals surface area contributed by atoms with Crippen molar-refractivity contribution in [2.24, 2.45) is 5.73 Å². The molecule has 1 unspecified atom stereocenters. The summed E-state index contributed by atoms with van der Waals surface area (Å²) in [4.78, 5) is 4.48. The van der Waals surface area contributed by atoms with Gasteiger partial charge >= 0.3 is 0 Å². The molecule has 106 valence electrons. The van der Waals surface area contributed by atoms with Gasteiger partial charge in [-0.1, -0.05) is 11.6 Å². The van der Waals surface area contributed by atoms with Crippen LogP contribution in [0.2, 0.25) is 5.15 Å². The maximum Gasteiger partial charge on any atom is 0.150 e. The third kappa shape index (κ3) is 2.53. The topological polar surface area (TPSA) is 78.0 Å². The summed E-state index contributed by atoms with van der Waals surface area (Å²) in [5.41, 5.74) is 6.98. The van der Waals surface area contributed by atoms with Crippen molar-refractivity contribution < 1.29 is 8.42 Å². The molecule has 1 aromatic rings. The number of halogens is 1. The van der Waals surface area contributed by atoms with E-state index in [0.29, 0.717) is 18.0 Å². The van der Waals surface area contributed by atoms with Gasteiger partial charge in [0.1, 0.15) is 15.7 Å². The summed E-state index contributed by atoms with van der Waals surface area (Å²) in [6.45, 7) is 0.842. The Morgan fingerprint density at radius 1 is 1.26 bits per heavy atom. The lowest BCUT2D eigenvalue weighted by Gasteiger charge is -2.26. The third-order valence-corrected chi connectivity index (χ3v) is 6.17. The molecule has 1 atom stereocenters. The van der Waals surface area contributed by atoms with E-state index in [0.717, 1.165) is 30.9 Å². The predicted octanol–water partition coefficient (Wildman–Crippen LogP) is 1.10. The Balaban J connectivity index is 1.88. The van der Waals surface area contributed by atoms with Gasteiger partial charge in [-0.05, 0) is 19.3 Å². The van der Waals surface area contributed by atoms with Crippen LogP contribution in [0.25, 0.3) is 0 Å². The second-order valence-electron chi connectivity index (χ2n) is 5.54. The van der Waals surface area contributed by atoms with Crippen LogP contribution in [0.4, 0.5) is 0 Å². The molecule has 19 heavy (non-hydrogen) atoms. The number of hydrogen-bond acceptors (Lipinski definition) is 4. The first-order chi connectivity index (χ1) is 8.96. The summed E-state index contributed by atoms with van der Waals surface area (Å²) < 4.78 is 25.2. The van der Waals surface area contributed by atoms with Crippen molar-refractivity contribution in [2.75, 3.05) is 11.5 Å². The van der Waals surface area contributed by atoms with Gasteiger partial charge in [-0.2, -0.15) is 0 Å². The molecular weight excluding hydrogens is 286 g/mol.